The topological polar surface area (TPSA) is 88.1 Å². The van der Waals surface area contributed by atoms with E-state index < -0.39 is 36.2 Å². The summed E-state index contributed by atoms with van der Waals surface area (Å²) in [6, 6.07) is 0. The van der Waals surface area contributed by atoms with Crippen LogP contribution < -0.4 is 0 Å². The van der Waals surface area contributed by atoms with Crippen molar-refractivity contribution < 1.29 is 33.3 Å². The summed E-state index contributed by atoms with van der Waals surface area (Å²) in [5, 5.41) is 0. The van der Waals surface area contributed by atoms with Crippen molar-refractivity contribution in [3.05, 3.63) is 0 Å². The van der Waals surface area contributed by atoms with Gasteiger partial charge in [-0.15, -0.1) is 0 Å². The molecule has 1 fully saturated rings. The van der Waals surface area contributed by atoms with E-state index >= 15 is 0 Å². The largest absolute Gasteiger partial charge is 0.463 e. The molecule has 0 aromatic heterocycles. The lowest BCUT2D eigenvalue weighted by Crippen LogP contribution is -2.50. The molecule has 7 heteroatoms. The van der Waals surface area contributed by atoms with Crippen LogP contribution in [0.15, 0.2) is 0 Å². The minimum Gasteiger partial charge on any atom is -0.463 e. The Bertz CT molecular complexity index is 352. The molecule has 1 rings (SSSR count). The molecule has 0 aromatic carbocycles. The molecule has 0 aliphatic carbocycles. The first-order valence-corrected chi connectivity index (χ1v) is 5.99. The monoisotopic (exact) mass is 274 g/mol. The zero-order valence-corrected chi connectivity index (χ0v) is 11.2. The van der Waals surface area contributed by atoms with Gasteiger partial charge in [-0.05, 0) is 0 Å². The summed E-state index contributed by atoms with van der Waals surface area (Å²) in [5.41, 5.74) is 0. The molecule has 0 radical (unpaired) electrons. The summed E-state index contributed by atoms with van der Waals surface area (Å²) < 4.78 is 20.5. The summed E-state index contributed by atoms with van der Waals surface area (Å²) >= 11 is 0. The first-order valence-electron chi connectivity index (χ1n) is 5.99. The fourth-order valence-corrected chi connectivity index (χ4v) is 1.86. The van der Waals surface area contributed by atoms with Crippen molar-refractivity contribution in [3.63, 3.8) is 0 Å². The van der Waals surface area contributed by atoms with Gasteiger partial charge in [-0.1, -0.05) is 0 Å². The average molecular weight is 274 g/mol. The lowest BCUT2D eigenvalue weighted by molar-refractivity contribution is -0.200. The predicted octanol–water partition coefficient (Wildman–Crippen LogP) is 0.202. The summed E-state index contributed by atoms with van der Waals surface area (Å²) in [6.07, 6.45) is -1.57. The Hall–Kier alpha value is -1.63. The van der Waals surface area contributed by atoms with E-state index in [-0.39, 0.29) is 6.61 Å². The van der Waals surface area contributed by atoms with Crippen molar-refractivity contribution >= 4 is 17.9 Å². The Morgan fingerprint density at radius 3 is 2.21 bits per heavy atom. The third-order valence-corrected chi connectivity index (χ3v) is 2.54. The number of rotatable bonds is 4. The van der Waals surface area contributed by atoms with Gasteiger partial charge < -0.3 is 18.9 Å². The van der Waals surface area contributed by atoms with Crippen LogP contribution in [-0.4, -0.2) is 49.4 Å². The summed E-state index contributed by atoms with van der Waals surface area (Å²) in [7, 11) is 0. The highest BCUT2D eigenvalue weighted by atomic mass is 16.6. The fraction of sp³-hybridized carbons (Fsp3) is 0.750. The first-order chi connectivity index (χ1) is 8.90. The molecule has 7 nitrogen and oxygen atoms in total. The van der Waals surface area contributed by atoms with Gasteiger partial charge in [0.25, 0.3) is 0 Å². The van der Waals surface area contributed by atoms with Crippen LogP contribution in [0.2, 0.25) is 0 Å². The predicted molar refractivity (Wildman–Crippen MR) is 62.1 cm³/mol. The second kappa shape index (κ2) is 7.08. The molecule has 1 saturated heterocycles. The van der Waals surface area contributed by atoms with E-state index in [0.717, 1.165) is 0 Å². The number of ether oxygens (including phenoxy) is 4. The Morgan fingerprint density at radius 2 is 1.68 bits per heavy atom. The van der Waals surface area contributed by atoms with E-state index in [2.05, 4.69) is 0 Å². The van der Waals surface area contributed by atoms with Crippen LogP contribution in [0.5, 0.6) is 0 Å². The number of carbonyl (C=O) groups excluding carboxylic acids is 3. The lowest BCUT2D eigenvalue weighted by Gasteiger charge is -2.36. The van der Waals surface area contributed by atoms with Crippen LogP contribution in [0.4, 0.5) is 0 Å². The Labute approximate surface area is 111 Å². The maximum absolute atomic E-state index is 11.1. The minimum atomic E-state index is -0.769. The highest BCUT2D eigenvalue weighted by Gasteiger charge is 2.39. The second-order valence-corrected chi connectivity index (χ2v) is 4.22. The quantitative estimate of drug-likeness (QED) is 0.534. The van der Waals surface area contributed by atoms with Gasteiger partial charge in [-0.2, -0.15) is 0 Å². The Kier molecular flexibility index (Phi) is 5.75. The zero-order chi connectivity index (χ0) is 14.4. The van der Waals surface area contributed by atoms with Gasteiger partial charge in [0.05, 0.1) is 6.61 Å². The van der Waals surface area contributed by atoms with E-state index in [1.807, 2.05) is 0 Å². The lowest BCUT2D eigenvalue weighted by atomic mass is 10.0. The standard InChI is InChI=1S/C12H18O7/c1-7(13)17-6-11-12(19-9(3)15)10(4-5-16-11)18-8(2)14/h10-12H,4-6H2,1-3H3/t10?,11?,12-/m1/s1. The van der Waals surface area contributed by atoms with Crippen LogP contribution in [0.25, 0.3) is 0 Å². The summed E-state index contributed by atoms with van der Waals surface area (Å²) in [6.45, 7) is 4.09. The average Bonchev–Trinajstić information content (AvgIpc) is 2.28. The van der Waals surface area contributed by atoms with Crippen LogP contribution in [-0.2, 0) is 33.3 Å². The molecule has 0 N–H and O–H groups in total. The van der Waals surface area contributed by atoms with Gasteiger partial charge in [0.1, 0.15) is 18.8 Å². The Balaban J connectivity index is 2.72. The molecule has 1 aliphatic rings. The smallest absolute Gasteiger partial charge is 0.303 e. The molecule has 0 bridgehead atoms. The number of carbonyl (C=O) groups is 3. The molecule has 3 atom stereocenters. The van der Waals surface area contributed by atoms with Crippen LogP contribution in [0, 0.1) is 0 Å². The van der Waals surface area contributed by atoms with Crippen LogP contribution >= 0.6 is 0 Å². The van der Waals surface area contributed by atoms with Crippen molar-refractivity contribution in [3.8, 4) is 0 Å². The third kappa shape index (κ3) is 5.25. The van der Waals surface area contributed by atoms with Gasteiger partial charge in [0.15, 0.2) is 6.10 Å². The molecular formula is C12H18O7. The maximum Gasteiger partial charge on any atom is 0.303 e. The van der Waals surface area contributed by atoms with E-state index in [4.69, 9.17) is 18.9 Å². The van der Waals surface area contributed by atoms with Crippen LogP contribution in [0.1, 0.15) is 27.2 Å². The normalized spacial score (nSPS) is 26.4. The Morgan fingerprint density at radius 1 is 1.05 bits per heavy atom. The highest BCUT2D eigenvalue weighted by molar-refractivity contribution is 5.67. The van der Waals surface area contributed by atoms with Crippen molar-refractivity contribution in [1.29, 1.82) is 0 Å². The first kappa shape index (κ1) is 15.4. The van der Waals surface area contributed by atoms with E-state index in [1.54, 1.807) is 0 Å². The third-order valence-electron chi connectivity index (χ3n) is 2.54. The molecular weight excluding hydrogens is 256 g/mol. The van der Waals surface area contributed by atoms with Crippen molar-refractivity contribution in [1.82, 2.24) is 0 Å². The molecule has 0 saturated carbocycles. The van der Waals surface area contributed by atoms with E-state index in [1.165, 1.54) is 20.8 Å². The van der Waals surface area contributed by atoms with Crippen molar-refractivity contribution in [2.75, 3.05) is 13.2 Å². The summed E-state index contributed by atoms with van der Waals surface area (Å²) in [5.74, 6) is -1.43. The zero-order valence-electron chi connectivity index (χ0n) is 11.2. The van der Waals surface area contributed by atoms with Crippen molar-refractivity contribution in [2.24, 2.45) is 0 Å². The van der Waals surface area contributed by atoms with Crippen LogP contribution in [0.3, 0.4) is 0 Å². The van der Waals surface area contributed by atoms with E-state index in [0.29, 0.717) is 13.0 Å². The molecule has 2 unspecified atom stereocenters. The van der Waals surface area contributed by atoms with Gasteiger partial charge in [-0.25, -0.2) is 0 Å². The van der Waals surface area contributed by atoms with Crippen molar-refractivity contribution in [2.45, 2.75) is 45.5 Å². The van der Waals surface area contributed by atoms with Gasteiger partial charge in [0.2, 0.25) is 0 Å². The number of esters is 3. The summed E-state index contributed by atoms with van der Waals surface area (Å²) in [4.78, 5) is 32.9. The molecule has 1 heterocycles. The number of hydrogen-bond donors (Lipinski definition) is 0. The molecule has 0 amide bonds. The molecule has 0 aromatic rings. The highest BCUT2D eigenvalue weighted by Crippen LogP contribution is 2.22. The SMILES string of the molecule is CC(=O)OCC1OCCC(OC(C)=O)[C@H]1OC(C)=O. The van der Waals surface area contributed by atoms with Gasteiger partial charge in [0, 0.05) is 27.2 Å². The van der Waals surface area contributed by atoms with E-state index in [9.17, 15) is 14.4 Å². The minimum absolute atomic E-state index is 0.0506. The molecule has 108 valence electrons. The molecule has 1 aliphatic heterocycles. The molecule has 19 heavy (non-hydrogen) atoms. The van der Waals surface area contributed by atoms with Gasteiger partial charge in [-0.3, -0.25) is 14.4 Å². The number of hydrogen-bond acceptors (Lipinski definition) is 7. The fourth-order valence-electron chi connectivity index (χ4n) is 1.86. The second-order valence-electron chi connectivity index (χ2n) is 4.22. The van der Waals surface area contributed by atoms with Gasteiger partial charge >= 0.3 is 17.9 Å². The molecule has 0 spiro atoms. The maximum atomic E-state index is 11.1.